The minimum Gasteiger partial charge on any atom is -0.460 e. The fourth-order valence-corrected chi connectivity index (χ4v) is 8.47. The van der Waals surface area contributed by atoms with E-state index in [2.05, 4.69) is 45.0 Å². The van der Waals surface area contributed by atoms with Crippen LogP contribution in [0.4, 0.5) is 0 Å². The first-order chi connectivity index (χ1) is 14.8. The van der Waals surface area contributed by atoms with E-state index in [-0.39, 0.29) is 18.3 Å². The van der Waals surface area contributed by atoms with Crippen molar-refractivity contribution in [3.8, 4) is 0 Å². The maximum Gasteiger partial charge on any atom is 0.325 e. The van der Waals surface area contributed by atoms with Crippen molar-refractivity contribution in [3.63, 3.8) is 0 Å². The van der Waals surface area contributed by atoms with Gasteiger partial charge in [-0.1, -0.05) is 112 Å². The second kappa shape index (κ2) is 10.0. The van der Waals surface area contributed by atoms with E-state index in [0.29, 0.717) is 0 Å². The summed E-state index contributed by atoms with van der Waals surface area (Å²) in [5.74, 6) is -0.457. The first-order valence-corrected chi connectivity index (χ1v) is 12.5. The smallest absolute Gasteiger partial charge is 0.325 e. The Balaban J connectivity index is 1.83. The minimum atomic E-state index is -2.73. The lowest BCUT2D eigenvalue weighted by atomic mass is 10.2. The molecule has 0 bridgehead atoms. The van der Waals surface area contributed by atoms with Gasteiger partial charge >= 0.3 is 5.97 Å². The maximum atomic E-state index is 12.5. The van der Waals surface area contributed by atoms with Gasteiger partial charge in [0.1, 0.15) is 12.6 Å². The molecule has 162 valence electrons. The van der Waals surface area contributed by atoms with Crippen LogP contribution in [-0.2, 0) is 20.6 Å². The van der Waals surface area contributed by atoms with Gasteiger partial charge in [0.15, 0.2) is 0 Å². The normalized spacial score (nSPS) is 12.9. The predicted octanol–water partition coefficient (Wildman–Crippen LogP) is 3.63. The molecule has 3 aromatic rings. The number of carbonyl (C=O) groups is 1. The van der Waals surface area contributed by atoms with E-state index in [1.807, 2.05) is 66.7 Å². The molecular weight excluding hydrogens is 402 g/mol. The van der Waals surface area contributed by atoms with Crippen LogP contribution in [0.3, 0.4) is 0 Å². The number of rotatable bonds is 8. The highest BCUT2D eigenvalue weighted by atomic mass is 28.4. The van der Waals surface area contributed by atoms with Gasteiger partial charge in [0.2, 0.25) is 0 Å². The molecule has 5 heteroatoms. The molecule has 0 aliphatic rings. The number of nitrogens with two attached hydrogens (primary N) is 1. The number of hydrogen-bond acceptors (Lipinski definition) is 4. The molecule has 0 unspecified atom stereocenters. The summed E-state index contributed by atoms with van der Waals surface area (Å²) in [5.41, 5.74) is 7.14. The number of ether oxygens (including phenoxy) is 1. The SMILES string of the molecule is CC(C)(C)[Si](OC[C@H](N)C(=O)OCc1ccccc1)(c1ccccc1)c1ccccc1. The van der Waals surface area contributed by atoms with Crippen LogP contribution in [0.1, 0.15) is 26.3 Å². The monoisotopic (exact) mass is 433 g/mol. The van der Waals surface area contributed by atoms with Crippen molar-refractivity contribution in [2.45, 2.75) is 38.5 Å². The van der Waals surface area contributed by atoms with Crippen molar-refractivity contribution in [1.29, 1.82) is 0 Å². The predicted molar refractivity (Wildman–Crippen MR) is 128 cm³/mol. The molecule has 0 aliphatic carbocycles. The number of benzene rings is 3. The molecule has 0 fully saturated rings. The molecule has 0 heterocycles. The van der Waals surface area contributed by atoms with E-state index in [0.717, 1.165) is 15.9 Å². The Hall–Kier alpha value is -2.73. The highest BCUT2D eigenvalue weighted by Gasteiger charge is 2.50. The summed E-state index contributed by atoms with van der Waals surface area (Å²) < 4.78 is 12.1. The molecule has 3 rings (SSSR count). The molecule has 3 aromatic carbocycles. The van der Waals surface area contributed by atoms with E-state index >= 15 is 0 Å². The lowest BCUT2D eigenvalue weighted by Gasteiger charge is -2.43. The Bertz CT molecular complexity index is 917. The Morgan fingerprint density at radius 2 is 1.29 bits per heavy atom. The molecule has 1 atom stereocenters. The van der Waals surface area contributed by atoms with Crippen molar-refractivity contribution in [2.75, 3.05) is 6.61 Å². The van der Waals surface area contributed by atoms with Crippen molar-refractivity contribution in [1.82, 2.24) is 0 Å². The van der Waals surface area contributed by atoms with Gasteiger partial charge in [-0.15, -0.1) is 0 Å². The second-order valence-corrected chi connectivity index (χ2v) is 13.0. The van der Waals surface area contributed by atoms with Gasteiger partial charge < -0.3 is 14.9 Å². The maximum absolute atomic E-state index is 12.5. The Morgan fingerprint density at radius 1 is 0.839 bits per heavy atom. The van der Waals surface area contributed by atoms with Gasteiger partial charge in [0, 0.05) is 0 Å². The van der Waals surface area contributed by atoms with Crippen LogP contribution in [0, 0.1) is 0 Å². The van der Waals surface area contributed by atoms with Crippen molar-refractivity contribution in [3.05, 3.63) is 96.6 Å². The molecule has 0 saturated carbocycles. The largest absolute Gasteiger partial charge is 0.460 e. The quantitative estimate of drug-likeness (QED) is 0.435. The van der Waals surface area contributed by atoms with Gasteiger partial charge in [0.25, 0.3) is 8.32 Å². The lowest BCUT2D eigenvalue weighted by Crippen LogP contribution is -2.67. The highest BCUT2D eigenvalue weighted by molar-refractivity contribution is 6.99. The molecular formula is C26H31NO3Si. The van der Waals surface area contributed by atoms with Crippen LogP contribution in [0.15, 0.2) is 91.0 Å². The third-order valence-electron chi connectivity index (χ3n) is 5.42. The first kappa shape index (κ1) is 22.9. The third-order valence-corrected chi connectivity index (χ3v) is 10.4. The molecule has 0 aliphatic heterocycles. The van der Waals surface area contributed by atoms with E-state index in [9.17, 15) is 4.79 Å². The fourth-order valence-electron chi connectivity index (χ4n) is 3.88. The molecule has 0 radical (unpaired) electrons. The van der Waals surface area contributed by atoms with Crippen LogP contribution in [0.2, 0.25) is 5.04 Å². The van der Waals surface area contributed by atoms with E-state index in [1.54, 1.807) is 0 Å². The standard InChI is InChI=1S/C26H31NO3Si/c1-26(2,3)31(22-15-9-5-10-16-22,23-17-11-6-12-18-23)30-20-24(27)25(28)29-19-21-13-7-4-8-14-21/h4-18,24H,19-20,27H2,1-3H3/t24-/m0/s1. The number of carbonyl (C=O) groups excluding carboxylic acids is 1. The number of hydrogen-bond donors (Lipinski definition) is 1. The summed E-state index contributed by atoms with van der Waals surface area (Å²) in [6.45, 7) is 6.88. The summed E-state index contributed by atoms with van der Waals surface area (Å²) >= 11 is 0. The van der Waals surface area contributed by atoms with E-state index in [1.165, 1.54) is 0 Å². The van der Waals surface area contributed by atoms with Crippen molar-refractivity contribution in [2.24, 2.45) is 5.73 Å². The first-order valence-electron chi connectivity index (χ1n) is 10.6. The van der Waals surface area contributed by atoms with Crippen molar-refractivity contribution < 1.29 is 14.0 Å². The zero-order valence-electron chi connectivity index (χ0n) is 18.5. The van der Waals surface area contributed by atoms with Crippen LogP contribution >= 0.6 is 0 Å². The summed E-state index contributed by atoms with van der Waals surface area (Å²) in [7, 11) is -2.73. The Morgan fingerprint density at radius 3 is 1.74 bits per heavy atom. The molecule has 0 spiro atoms. The zero-order chi connectivity index (χ0) is 22.3. The van der Waals surface area contributed by atoms with Gasteiger partial charge in [-0.2, -0.15) is 0 Å². The molecule has 0 amide bonds. The van der Waals surface area contributed by atoms with E-state index < -0.39 is 20.3 Å². The second-order valence-electron chi connectivity index (χ2n) is 8.67. The highest BCUT2D eigenvalue weighted by Crippen LogP contribution is 2.36. The summed E-state index contributed by atoms with van der Waals surface area (Å²) in [6, 6.07) is 29.3. The molecule has 4 nitrogen and oxygen atoms in total. The van der Waals surface area contributed by atoms with Gasteiger partial charge in [0.05, 0.1) is 6.61 Å². The van der Waals surface area contributed by atoms with Crippen molar-refractivity contribution >= 4 is 24.7 Å². The number of esters is 1. The van der Waals surface area contributed by atoms with Crippen LogP contribution in [-0.4, -0.2) is 26.9 Å². The zero-order valence-corrected chi connectivity index (χ0v) is 19.5. The fraction of sp³-hybridized carbons (Fsp3) is 0.269. The van der Waals surface area contributed by atoms with Crippen LogP contribution in [0.25, 0.3) is 0 Å². The van der Waals surface area contributed by atoms with Gasteiger partial charge in [-0.05, 0) is 21.0 Å². The topological polar surface area (TPSA) is 61.5 Å². The molecule has 2 N–H and O–H groups in total. The third kappa shape index (κ3) is 5.31. The molecule has 0 aromatic heterocycles. The van der Waals surface area contributed by atoms with Gasteiger partial charge in [-0.25, -0.2) is 0 Å². The molecule has 0 saturated heterocycles. The Kier molecular flexibility index (Phi) is 7.44. The minimum absolute atomic E-state index is 0.0981. The average Bonchev–Trinajstić information content (AvgIpc) is 2.79. The van der Waals surface area contributed by atoms with E-state index in [4.69, 9.17) is 14.9 Å². The summed E-state index contributed by atoms with van der Waals surface area (Å²) in [4.78, 5) is 12.5. The van der Waals surface area contributed by atoms with Crippen LogP contribution in [0.5, 0.6) is 0 Å². The van der Waals surface area contributed by atoms with Gasteiger partial charge in [-0.3, -0.25) is 4.79 Å². The Labute approximate surface area is 186 Å². The molecule has 31 heavy (non-hydrogen) atoms. The summed E-state index contributed by atoms with van der Waals surface area (Å²) in [6.07, 6.45) is 0. The summed E-state index contributed by atoms with van der Waals surface area (Å²) in [5, 5.41) is 2.13. The van der Waals surface area contributed by atoms with Crippen LogP contribution < -0.4 is 16.1 Å². The average molecular weight is 434 g/mol. The lowest BCUT2D eigenvalue weighted by molar-refractivity contribution is -0.147.